The Balaban J connectivity index is 1.31. The number of fused-ring (bicyclic) bond motifs is 1. The Bertz CT molecular complexity index is 1950. The molecule has 1 aliphatic heterocycles. The number of aryl methyl sites for hydroxylation is 4. The average molecular weight is 625 g/mol. The van der Waals surface area contributed by atoms with Crippen molar-refractivity contribution in [3.63, 3.8) is 0 Å². The molecule has 3 aromatic carbocycles. The van der Waals surface area contributed by atoms with E-state index in [1.807, 2.05) is 74.9 Å². The van der Waals surface area contributed by atoms with Gasteiger partial charge in [-0.25, -0.2) is 14.6 Å². The fourth-order valence-electron chi connectivity index (χ4n) is 5.62. The number of aromatic nitrogens is 3. The lowest BCUT2D eigenvalue weighted by atomic mass is 10.1. The first-order chi connectivity index (χ1) is 21.6. The molecule has 6 rings (SSSR count). The number of halogens is 1. The van der Waals surface area contributed by atoms with Gasteiger partial charge in [0.2, 0.25) is 0 Å². The number of nitrogens with zero attached hydrogens (tertiary/aromatic N) is 3. The molecular weight excluding hydrogens is 592 g/mol. The van der Waals surface area contributed by atoms with Crippen molar-refractivity contribution in [2.45, 2.75) is 52.6 Å². The molecule has 1 saturated heterocycles. The van der Waals surface area contributed by atoms with E-state index in [4.69, 9.17) is 36.2 Å². The summed E-state index contributed by atoms with van der Waals surface area (Å²) in [5, 5.41) is 10.4. The highest BCUT2D eigenvalue weighted by molar-refractivity contribution is 6.30. The van der Waals surface area contributed by atoms with E-state index in [1.165, 1.54) is 0 Å². The zero-order valence-corrected chi connectivity index (χ0v) is 26.2. The third-order valence-electron chi connectivity index (χ3n) is 8.03. The summed E-state index contributed by atoms with van der Waals surface area (Å²) in [7, 11) is 0. The van der Waals surface area contributed by atoms with Crippen LogP contribution in [-0.4, -0.2) is 44.9 Å². The molecule has 5 aromatic rings. The molecule has 3 atom stereocenters. The first kappa shape index (κ1) is 30.3. The summed E-state index contributed by atoms with van der Waals surface area (Å²) >= 11 is 6.10. The summed E-state index contributed by atoms with van der Waals surface area (Å²) in [4.78, 5) is 30.9. The van der Waals surface area contributed by atoms with Crippen LogP contribution in [0.2, 0.25) is 5.02 Å². The zero-order valence-electron chi connectivity index (χ0n) is 25.4. The standard InChI is InChI=1S/C35H33ClN4O5/c1-20-5-9-24(10-6-20)34(41)43-19-29-28(45-35(42)25-11-7-21(2)8-12-25)17-30(44-29)39-18-22(3)31-32(37)40(23(4)38-33(31)39)27-15-13-26(36)14-16-27/h5-16,18,28-30,37H,17,19H2,1-4H3/t28-,29+,30+/m0/s1. The fourth-order valence-corrected chi connectivity index (χ4v) is 5.75. The highest BCUT2D eigenvalue weighted by Gasteiger charge is 2.41. The van der Waals surface area contributed by atoms with Crippen LogP contribution in [0.25, 0.3) is 16.7 Å². The summed E-state index contributed by atoms with van der Waals surface area (Å²) in [5.41, 5.74) is 5.38. The van der Waals surface area contributed by atoms with Crippen LogP contribution in [0.4, 0.5) is 0 Å². The number of ether oxygens (including phenoxy) is 3. The third-order valence-corrected chi connectivity index (χ3v) is 8.29. The predicted molar refractivity (Wildman–Crippen MR) is 170 cm³/mol. The van der Waals surface area contributed by atoms with Crippen molar-refractivity contribution in [3.8, 4) is 5.69 Å². The quantitative estimate of drug-likeness (QED) is 0.205. The van der Waals surface area contributed by atoms with Crippen molar-refractivity contribution in [2.75, 3.05) is 6.61 Å². The van der Waals surface area contributed by atoms with Crippen molar-refractivity contribution < 1.29 is 23.8 Å². The van der Waals surface area contributed by atoms with E-state index >= 15 is 0 Å². The van der Waals surface area contributed by atoms with Crippen LogP contribution in [0.1, 0.15) is 55.9 Å². The van der Waals surface area contributed by atoms with E-state index in [0.29, 0.717) is 39.4 Å². The first-order valence-corrected chi connectivity index (χ1v) is 15.0. The minimum atomic E-state index is -0.726. The van der Waals surface area contributed by atoms with Crippen molar-refractivity contribution in [1.29, 1.82) is 5.41 Å². The van der Waals surface area contributed by atoms with Crippen LogP contribution in [0.5, 0.6) is 0 Å². The fraction of sp³-hybridized carbons (Fsp3) is 0.257. The van der Waals surface area contributed by atoms with Crippen LogP contribution < -0.4 is 5.49 Å². The van der Waals surface area contributed by atoms with Crippen LogP contribution >= 0.6 is 11.6 Å². The lowest BCUT2D eigenvalue weighted by Gasteiger charge is -2.19. The summed E-state index contributed by atoms with van der Waals surface area (Å²) in [5.74, 6) is -0.368. The number of carbonyl (C=O) groups is 2. The Morgan fingerprint density at radius 3 is 2.13 bits per heavy atom. The molecule has 1 fully saturated rings. The molecule has 0 radical (unpaired) electrons. The van der Waals surface area contributed by atoms with Gasteiger partial charge in [0, 0.05) is 23.3 Å². The topological polar surface area (TPSA) is 108 Å². The van der Waals surface area contributed by atoms with Crippen molar-refractivity contribution >= 4 is 34.6 Å². The molecule has 1 N–H and O–H groups in total. The molecule has 45 heavy (non-hydrogen) atoms. The molecular formula is C35H33ClN4O5. The molecule has 230 valence electrons. The molecule has 0 bridgehead atoms. The molecule has 0 amide bonds. The maximum atomic E-state index is 13.2. The number of esters is 2. The summed E-state index contributed by atoms with van der Waals surface area (Å²) in [6.45, 7) is 7.54. The molecule has 0 aliphatic carbocycles. The molecule has 1 aliphatic rings. The van der Waals surface area contributed by atoms with E-state index in [1.54, 1.807) is 41.0 Å². The number of benzene rings is 3. The maximum Gasteiger partial charge on any atom is 0.338 e. The van der Waals surface area contributed by atoms with E-state index in [-0.39, 0.29) is 12.1 Å². The van der Waals surface area contributed by atoms with Gasteiger partial charge >= 0.3 is 11.9 Å². The van der Waals surface area contributed by atoms with Crippen molar-refractivity contribution in [1.82, 2.24) is 14.1 Å². The summed E-state index contributed by atoms with van der Waals surface area (Å²) in [6.07, 6.45) is 0.180. The van der Waals surface area contributed by atoms with Gasteiger partial charge < -0.3 is 18.8 Å². The second kappa shape index (κ2) is 12.3. The minimum absolute atomic E-state index is 0.111. The van der Waals surface area contributed by atoms with Gasteiger partial charge in [0.05, 0.1) is 16.5 Å². The van der Waals surface area contributed by atoms with Gasteiger partial charge in [0.1, 0.15) is 42.0 Å². The van der Waals surface area contributed by atoms with Gasteiger partial charge in [-0.3, -0.25) is 9.98 Å². The largest absolute Gasteiger partial charge is 0.459 e. The second-order valence-corrected chi connectivity index (χ2v) is 11.8. The van der Waals surface area contributed by atoms with Gasteiger partial charge in [0.25, 0.3) is 0 Å². The Morgan fingerprint density at radius 2 is 1.51 bits per heavy atom. The number of nitrogens with one attached hydrogen (secondary N) is 1. The van der Waals surface area contributed by atoms with Gasteiger partial charge in [-0.15, -0.1) is 0 Å². The van der Waals surface area contributed by atoms with E-state index in [0.717, 1.165) is 22.4 Å². The van der Waals surface area contributed by atoms with Crippen LogP contribution in [0, 0.1) is 33.1 Å². The average Bonchev–Trinajstić information content (AvgIpc) is 3.57. The van der Waals surface area contributed by atoms with Gasteiger partial charge in [-0.1, -0.05) is 47.0 Å². The van der Waals surface area contributed by atoms with E-state index < -0.39 is 30.4 Å². The van der Waals surface area contributed by atoms with Crippen LogP contribution in [0.15, 0.2) is 79.0 Å². The highest BCUT2D eigenvalue weighted by Crippen LogP contribution is 2.35. The Kier molecular flexibility index (Phi) is 8.31. The van der Waals surface area contributed by atoms with Crippen LogP contribution in [0.3, 0.4) is 0 Å². The maximum absolute atomic E-state index is 13.2. The monoisotopic (exact) mass is 624 g/mol. The number of hydrogen-bond donors (Lipinski definition) is 1. The Hall–Kier alpha value is -4.73. The molecule has 9 nitrogen and oxygen atoms in total. The molecule has 2 aromatic heterocycles. The lowest BCUT2D eigenvalue weighted by Crippen LogP contribution is -2.32. The lowest BCUT2D eigenvalue weighted by molar-refractivity contribution is -0.0562. The van der Waals surface area contributed by atoms with Crippen molar-refractivity contribution in [3.05, 3.63) is 123 Å². The number of carbonyl (C=O) groups excluding carboxylic acids is 2. The van der Waals surface area contributed by atoms with Crippen molar-refractivity contribution in [2.24, 2.45) is 0 Å². The second-order valence-electron chi connectivity index (χ2n) is 11.4. The molecule has 3 heterocycles. The minimum Gasteiger partial charge on any atom is -0.459 e. The predicted octanol–water partition coefficient (Wildman–Crippen LogP) is 6.56. The van der Waals surface area contributed by atoms with E-state index in [2.05, 4.69) is 0 Å². The third kappa shape index (κ3) is 6.14. The zero-order chi connectivity index (χ0) is 31.8. The molecule has 0 saturated carbocycles. The highest BCUT2D eigenvalue weighted by atomic mass is 35.5. The Morgan fingerprint density at radius 1 is 0.911 bits per heavy atom. The normalized spacial score (nSPS) is 17.8. The van der Waals surface area contributed by atoms with E-state index in [9.17, 15) is 9.59 Å². The summed E-state index contributed by atoms with van der Waals surface area (Å²) in [6, 6.07) is 21.5. The van der Waals surface area contributed by atoms with Gasteiger partial charge in [-0.2, -0.15) is 0 Å². The SMILES string of the molecule is Cc1ccc(C(=O)OC[C@H]2O[C@@H](n3cc(C)c4c(=N)n(-c5ccc(Cl)cc5)c(C)nc43)C[C@@H]2OC(=O)c2ccc(C)cc2)cc1. The molecule has 0 spiro atoms. The smallest absolute Gasteiger partial charge is 0.338 e. The molecule has 0 unspecified atom stereocenters. The summed E-state index contributed by atoms with van der Waals surface area (Å²) < 4.78 is 21.7. The van der Waals surface area contributed by atoms with Gasteiger partial charge in [0.15, 0.2) is 0 Å². The van der Waals surface area contributed by atoms with Gasteiger partial charge in [-0.05, 0) is 81.8 Å². The molecule has 10 heteroatoms. The number of rotatable bonds is 7. The van der Waals surface area contributed by atoms with Crippen LogP contribution in [-0.2, 0) is 14.2 Å². The Labute approximate surface area is 265 Å². The number of hydrogen-bond acceptors (Lipinski definition) is 7. The first-order valence-electron chi connectivity index (χ1n) is 14.7.